The van der Waals surface area contributed by atoms with E-state index in [1.165, 1.54) is 6.07 Å². The summed E-state index contributed by atoms with van der Waals surface area (Å²) in [6, 6.07) is 15.2. The lowest BCUT2D eigenvalue weighted by Gasteiger charge is -2.12. The van der Waals surface area contributed by atoms with E-state index in [9.17, 15) is 35.9 Å². The van der Waals surface area contributed by atoms with Crippen molar-refractivity contribution in [3.05, 3.63) is 71.3 Å². The highest BCUT2D eigenvalue weighted by Crippen LogP contribution is 2.28. The molecular formula is C24H21F6N5O7. The first-order chi connectivity index (χ1) is 19.3. The van der Waals surface area contributed by atoms with Crippen molar-refractivity contribution in [1.29, 1.82) is 5.41 Å². The third kappa shape index (κ3) is 11.0. The number of aliphatic carboxylic acids is 2. The Kier molecular flexibility index (Phi) is 11.8. The molecule has 2 amide bonds. The van der Waals surface area contributed by atoms with Crippen molar-refractivity contribution in [1.82, 2.24) is 0 Å². The molecule has 0 bridgehead atoms. The SMILES string of the molecule is N=C(N)c1ccc2cc(C(=O)Nc3ccc(CN)cc3)cc(NC(=O)O)c2c1.O=C(O)C(F)(F)F.O=C(O)C(F)(F)F. The minimum absolute atomic E-state index is 0.133. The van der Waals surface area contributed by atoms with Gasteiger partial charge in [0.2, 0.25) is 0 Å². The first-order valence-corrected chi connectivity index (χ1v) is 10.9. The molecule has 0 spiro atoms. The van der Waals surface area contributed by atoms with Crippen LogP contribution in [-0.2, 0) is 16.1 Å². The van der Waals surface area contributed by atoms with Crippen LogP contribution in [0.4, 0.5) is 42.5 Å². The number of hydrogen-bond acceptors (Lipinski definition) is 6. The number of rotatable bonds is 5. The number of amides is 2. The molecule has 0 heterocycles. The molecule has 0 saturated heterocycles. The summed E-state index contributed by atoms with van der Waals surface area (Å²) in [5, 5.41) is 37.2. The molecule has 0 radical (unpaired) electrons. The molecule has 0 saturated carbocycles. The lowest BCUT2D eigenvalue weighted by Crippen LogP contribution is -2.21. The van der Waals surface area contributed by atoms with Gasteiger partial charge >= 0.3 is 30.4 Å². The van der Waals surface area contributed by atoms with Gasteiger partial charge in [0.15, 0.2) is 0 Å². The van der Waals surface area contributed by atoms with E-state index < -0.39 is 30.4 Å². The highest BCUT2D eigenvalue weighted by molar-refractivity contribution is 6.11. The summed E-state index contributed by atoms with van der Waals surface area (Å²) >= 11 is 0. The molecule has 0 fully saturated rings. The second-order valence-corrected chi connectivity index (χ2v) is 7.76. The summed E-state index contributed by atoms with van der Waals surface area (Å²) < 4.78 is 63.5. The molecule has 3 aromatic rings. The van der Waals surface area contributed by atoms with Gasteiger partial charge in [-0.05, 0) is 41.3 Å². The second kappa shape index (κ2) is 14.3. The average Bonchev–Trinajstić information content (AvgIpc) is 2.88. The molecule has 0 unspecified atom stereocenters. The van der Waals surface area contributed by atoms with E-state index in [2.05, 4.69) is 10.6 Å². The van der Waals surface area contributed by atoms with Gasteiger partial charge in [0, 0.05) is 28.7 Å². The first kappa shape index (κ1) is 34.6. The number of fused-ring (bicyclic) bond motifs is 1. The van der Waals surface area contributed by atoms with Crippen molar-refractivity contribution in [2.45, 2.75) is 18.9 Å². The van der Waals surface area contributed by atoms with Gasteiger partial charge in [0.25, 0.3) is 5.91 Å². The summed E-state index contributed by atoms with van der Waals surface area (Å²) in [5.74, 6) is -6.03. The monoisotopic (exact) mass is 605 g/mol. The average molecular weight is 605 g/mol. The van der Waals surface area contributed by atoms with E-state index in [0.717, 1.165) is 5.56 Å². The lowest BCUT2D eigenvalue weighted by atomic mass is 10.0. The number of carbonyl (C=O) groups excluding carboxylic acids is 1. The van der Waals surface area contributed by atoms with Crippen LogP contribution in [0.3, 0.4) is 0 Å². The smallest absolute Gasteiger partial charge is 0.475 e. The van der Waals surface area contributed by atoms with Gasteiger partial charge in [-0.1, -0.05) is 24.3 Å². The molecule has 226 valence electrons. The van der Waals surface area contributed by atoms with Crippen LogP contribution in [0.5, 0.6) is 0 Å². The molecule has 18 heteroatoms. The highest BCUT2D eigenvalue weighted by atomic mass is 19.4. The van der Waals surface area contributed by atoms with E-state index in [4.69, 9.17) is 41.8 Å². The molecule has 10 N–H and O–H groups in total. The Bertz CT molecular complexity index is 1450. The van der Waals surface area contributed by atoms with Crippen LogP contribution in [0.1, 0.15) is 21.5 Å². The van der Waals surface area contributed by atoms with Crippen molar-refractivity contribution in [3.8, 4) is 0 Å². The fraction of sp³-hybridized carbons (Fsp3) is 0.125. The molecule has 3 aromatic carbocycles. The maximum Gasteiger partial charge on any atom is 0.490 e. The topological polar surface area (TPSA) is 229 Å². The Morgan fingerprint density at radius 2 is 1.26 bits per heavy atom. The van der Waals surface area contributed by atoms with E-state index in [0.29, 0.717) is 28.6 Å². The summed E-state index contributed by atoms with van der Waals surface area (Å²) in [6.07, 6.45) is -11.4. The van der Waals surface area contributed by atoms with Crippen LogP contribution < -0.4 is 22.1 Å². The summed E-state index contributed by atoms with van der Waals surface area (Å²) in [7, 11) is 0. The van der Waals surface area contributed by atoms with Gasteiger partial charge in [0.05, 0.1) is 5.69 Å². The number of carbonyl (C=O) groups is 4. The van der Waals surface area contributed by atoms with Crippen molar-refractivity contribution in [3.63, 3.8) is 0 Å². The molecule has 12 nitrogen and oxygen atoms in total. The maximum absolute atomic E-state index is 12.7. The fourth-order valence-electron chi connectivity index (χ4n) is 2.80. The zero-order chi connectivity index (χ0) is 32.4. The Morgan fingerprint density at radius 3 is 1.67 bits per heavy atom. The van der Waals surface area contributed by atoms with Crippen molar-refractivity contribution >= 4 is 51.9 Å². The van der Waals surface area contributed by atoms with Crippen molar-refractivity contribution < 1.29 is 60.8 Å². The van der Waals surface area contributed by atoms with Gasteiger partial charge in [-0.25, -0.2) is 14.4 Å². The molecule has 0 aromatic heterocycles. The number of alkyl halides is 6. The number of nitrogens with two attached hydrogens (primary N) is 2. The molecular weight excluding hydrogens is 584 g/mol. The summed E-state index contributed by atoms with van der Waals surface area (Å²) in [4.78, 5) is 41.6. The number of benzene rings is 3. The summed E-state index contributed by atoms with van der Waals surface area (Å²) in [6.45, 7) is 0.408. The third-order valence-corrected chi connectivity index (χ3v) is 4.70. The van der Waals surface area contributed by atoms with E-state index >= 15 is 0 Å². The molecule has 0 atom stereocenters. The van der Waals surface area contributed by atoms with Gasteiger partial charge in [0.1, 0.15) is 5.84 Å². The number of carboxylic acid groups (broad SMARTS) is 3. The van der Waals surface area contributed by atoms with Crippen LogP contribution in [0.25, 0.3) is 10.8 Å². The number of amidine groups is 1. The Hall–Kier alpha value is -5.39. The molecule has 0 aliphatic rings. The number of carboxylic acids is 2. The van der Waals surface area contributed by atoms with Crippen LogP contribution in [0, 0.1) is 5.41 Å². The first-order valence-electron chi connectivity index (χ1n) is 10.9. The van der Waals surface area contributed by atoms with Gasteiger partial charge in [-0.2, -0.15) is 26.3 Å². The van der Waals surface area contributed by atoms with Crippen LogP contribution >= 0.6 is 0 Å². The van der Waals surface area contributed by atoms with E-state index in [1.54, 1.807) is 36.4 Å². The fourth-order valence-corrected chi connectivity index (χ4v) is 2.80. The number of hydrogen-bond donors (Lipinski definition) is 8. The molecule has 0 aliphatic heterocycles. The summed E-state index contributed by atoms with van der Waals surface area (Å²) in [5.41, 5.74) is 13.6. The number of nitrogens with one attached hydrogen (secondary N) is 3. The zero-order valence-electron chi connectivity index (χ0n) is 20.8. The molecule has 3 rings (SSSR count). The predicted molar refractivity (Wildman–Crippen MR) is 136 cm³/mol. The Balaban J connectivity index is 0.000000522. The van der Waals surface area contributed by atoms with Crippen molar-refractivity contribution in [2.75, 3.05) is 10.6 Å². The normalized spacial score (nSPS) is 10.7. The van der Waals surface area contributed by atoms with Gasteiger partial charge in [-0.3, -0.25) is 15.5 Å². The van der Waals surface area contributed by atoms with Crippen LogP contribution in [0.2, 0.25) is 0 Å². The standard InChI is InChI=1S/C20H19N5O3.2C2HF3O2/c21-10-11-1-5-15(6-2-11)24-19(26)14-7-12-3-4-13(18(22)23)8-16(12)17(9-14)25-20(27)28;2*3-2(4,5)1(6)7/h1-9,25H,10,21H2,(H3,22,23)(H,24,26)(H,27,28);2*(H,6,7). The quantitative estimate of drug-likeness (QED) is 0.118. The Labute approximate surface area is 231 Å². The molecule has 0 aliphatic carbocycles. The van der Waals surface area contributed by atoms with Gasteiger partial charge in [-0.15, -0.1) is 0 Å². The number of nitrogen functional groups attached to an aromatic ring is 1. The van der Waals surface area contributed by atoms with Crippen molar-refractivity contribution in [2.24, 2.45) is 11.5 Å². The number of anilines is 2. The van der Waals surface area contributed by atoms with Gasteiger partial charge < -0.3 is 32.1 Å². The van der Waals surface area contributed by atoms with Crippen LogP contribution in [0.15, 0.2) is 54.6 Å². The largest absolute Gasteiger partial charge is 0.490 e. The highest BCUT2D eigenvalue weighted by Gasteiger charge is 2.38. The minimum atomic E-state index is -5.08. The predicted octanol–water partition coefficient (Wildman–Crippen LogP) is 4.19. The lowest BCUT2D eigenvalue weighted by molar-refractivity contribution is -0.193. The Morgan fingerprint density at radius 1 is 0.762 bits per heavy atom. The third-order valence-electron chi connectivity index (χ3n) is 4.70. The van der Waals surface area contributed by atoms with E-state index in [1.807, 2.05) is 12.1 Å². The zero-order valence-corrected chi connectivity index (χ0v) is 20.8. The second-order valence-electron chi connectivity index (χ2n) is 7.76. The maximum atomic E-state index is 12.7. The van der Waals surface area contributed by atoms with Crippen LogP contribution in [-0.4, -0.2) is 57.4 Å². The van der Waals surface area contributed by atoms with E-state index in [-0.39, 0.29) is 23.0 Å². The molecule has 42 heavy (non-hydrogen) atoms. The number of halogens is 6. The minimum Gasteiger partial charge on any atom is -0.475 e.